The Hall–Kier alpha value is -2.84. The summed E-state index contributed by atoms with van der Waals surface area (Å²) in [5.41, 5.74) is 3.43. The SMILES string of the molecule is COc1ccc(CC(C)NS(=O)(=O)c2cc3c4c(c2)c(C)cc(=O)n4CC3)cc1OC. The van der Waals surface area contributed by atoms with Crippen molar-refractivity contribution >= 4 is 20.9 Å². The lowest BCUT2D eigenvalue weighted by atomic mass is 10.1. The summed E-state index contributed by atoms with van der Waals surface area (Å²) in [7, 11) is -0.587. The fourth-order valence-electron chi connectivity index (χ4n) is 4.27. The molecule has 8 heteroatoms. The first kappa shape index (κ1) is 21.4. The maximum absolute atomic E-state index is 13.1. The number of hydrogen-bond donors (Lipinski definition) is 1. The highest BCUT2D eigenvalue weighted by Crippen LogP contribution is 2.30. The van der Waals surface area contributed by atoms with E-state index in [-0.39, 0.29) is 16.5 Å². The molecule has 0 fully saturated rings. The van der Waals surface area contributed by atoms with Crippen LogP contribution in [0.15, 0.2) is 46.1 Å². The maximum Gasteiger partial charge on any atom is 0.251 e. The standard InChI is InChI=1S/C23H26N2O5S/c1-14-9-22(26)25-8-7-17-12-18(13-19(14)23(17)25)31(27,28)24-15(2)10-16-5-6-20(29-3)21(11-16)30-4/h5-6,9,11-13,15,24H,7-8,10H2,1-4H3. The summed E-state index contributed by atoms with van der Waals surface area (Å²) in [5, 5.41) is 0.808. The number of rotatable bonds is 7. The Bertz CT molecular complexity index is 1330. The summed E-state index contributed by atoms with van der Waals surface area (Å²) in [4.78, 5) is 12.4. The van der Waals surface area contributed by atoms with Crippen LogP contribution in [0.3, 0.4) is 0 Å². The van der Waals surface area contributed by atoms with Gasteiger partial charge in [0.15, 0.2) is 11.5 Å². The number of aromatic nitrogens is 1. The molecular weight excluding hydrogens is 416 g/mol. The minimum atomic E-state index is -3.73. The molecule has 4 rings (SSSR count). The molecule has 1 aromatic heterocycles. The molecule has 2 aromatic carbocycles. The van der Waals surface area contributed by atoms with Crippen molar-refractivity contribution in [2.24, 2.45) is 0 Å². The molecule has 0 spiro atoms. The fraction of sp³-hybridized carbons (Fsp3) is 0.348. The second-order valence-corrected chi connectivity index (χ2v) is 9.68. The van der Waals surface area contributed by atoms with E-state index in [0.717, 1.165) is 27.6 Å². The smallest absolute Gasteiger partial charge is 0.251 e. The minimum Gasteiger partial charge on any atom is -0.493 e. The average molecular weight is 443 g/mol. The zero-order valence-electron chi connectivity index (χ0n) is 18.1. The molecule has 1 unspecified atom stereocenters. The Morgan fingerprint density at radius 1 is 1.10 bits per heavy atom. The van der Waals surface area contributed by atoms with E-state index in [2.05, 4.69) is 4.72 Å². The molecule has 164 valence electrons. The topological polar surface area (TPSA) is 86.6 Å². The molecular formula is C23H26N2O5S. The van der Waals surface area contributed by atoms with Crippen molar-refractivity contribution < 1.29 is 17.9 Å². The number of ether oxygens (including phenoxy) is 2. The second kappa shape index (κ2) is 8.01. The van der Waals surface area contributed by atoms with Gasteiger partial charge < -0.3 is 14.0 Å². The van der Waals surface area contributed by atoms with Gasteiger partial charge >= 0.3 is 0 Å². The van der Waals surface area contributed by atoms with Gasteiger partial charge in [0.2, 0.25) is 10.0 Å². The van der Waals surface area contributed by atoms with Gasteiger partial charge in [-0.1, -0.05) is 6.07 Å². The van der Waals surface area contributed by atoms with Crippen LogP contribution in [0.2, 0.25) is 0 Å². The number of methoxy groups -OCH3 is 2. The van der Waals surface area contributed by atoms with Gasteiger partial charge in [-0.05, 0) is 67.6 Å². The lowest BCUT2D eigenvalue weighted by Gasteiger charge is -2.17. The summed E-state index contributed by atoms with van der Waals surface area (Å²) >= 11 is 0. The molecule has 3 aromatic rings. The van der Waals surface area contributed by atoms with Crippen molar-refractivity contribution in [3.63, 3.8) is 0 Å². The highest BCUT2D eigenvalue weighted by molar-refractivity contribution is 7.89. The van der Waals surface area contributed by atoms with E-state index in [9.17, 15) is 13.2 Å². The lowest BCUT2D eigenvalue weighted by molar-refractivity contribution is 0.354. The van der Waals surface area contributed by atoms with Crippen molar-refractivity contribution in [2.45, 2.75) is 44.2 Å². The van der Waals surface area contributed by atoms with Crippen molar-refractivity contribution in [1.29, 1.82) is 0 Å². The summed E-state index contributed by atoms with van der Waals surface area (Å²) in [6.45, 7) is 4.25. The van der Waals surface area contributed by atoms with Crippen molar-refractivity contribution in [1.82, 2.24) is 9.29 Å². The molecule has 1 aliphatic rings. The predicted molar refractivity (Wildman–Crippen MR) is 120 cm³/mol. The fourth-order valence-corrected chi connectivity index (χ4v) is 5.59. The highest BCUT2D eigenvalue weighted by atomic mass is 32.2. The maximum atomic E-state index is 13.1. The number of benzene rings is 2. The van der Waals surface area contributed by atoms with Crippen LogP contribution < -0.4 is 19.8 Å². The van der Waals surface area contributed by atoms with Crippen LogP contribution in [0.5, 0.6) is 11.5 Å². The molecule has 7 nitrogen and oxygen atoms in total. The van der Waals surface area contributed by atoms with E-state index < -0.39 is 10.0 Å². The monoisotopic (exact) mass is 442 g/mol. The number of sulfonamides is 1. The molecule has 0 bridgehead atoms. The van der Waals surface area contributed by atoms with Gasteiger partial charge in [0.05, 0.1) is 24.6 Å². The lowest BCUT2D eigenvalue weighted by Crippen LogP contribution is -2.34. The predicted octanol–water partition coefficient (Wildman–Crippen LogP) is 2.79. The Balaban J connectivity index is 1.61. The van der Waals surface area contributed by atoms with Crippen LogP contribution in [0.1, 0.15) is 23.6 Å². The Morgan fingerprint density at radius 3 is 2.55 bits per heavy atom. The third kappa shape index (κ3) is 3.93. The largest absolute Gasteiger partial charge is 0.493 e. The van der Waals surface area contributed by atoms with Crippen molar-refractivity contribution in [3.8, 4) is 11.5 Å². The Morgan fingerprint density at radius 2 is 1.84 bits per heavy atom. The first-order valence-corrected chi connectivity index (χ1v) is 11.6. The van der Waals surface area contributed by atoms with Gasteiger partial charge in [0, 0.05) is 24.0 Å². The number of pyridine rings is 1. The first-order chi connectivity index (χ1) is 14.7. The number of nitrogens with one attached hydrogen (secondary N) is 1. The summed E-state index contributed by atoms with van der Waals surface area (Å²) in [6.07, 6.45) is 1.15. The molecule has 0 saturated carbocycles. The molecule has 1 atom stereocenters. The van der Waals surface area contributed by atoms with Gasteiger partial charge in [-0.15, -0.1) is 0 Å². The number of hydrogen-bond acceptors (Lipinski definition) is 5. The van der Waals surface area contributed by atoms with E-state index in [1.54, 1.807) is 37.0 Å². The van der Waals surface area contributed by atoms with E-state index in [4.69, 9.17) is 9.47 Å². The van der Waals surface area contributed by atoms with Crippen LogP contribution in [-0.2, 0) is 29.4 Å². The van der Waals surface area contributed by atoms with E-state index in [0.29, 0.717) is 30.9 Å². The molecule has 1 aliphatic heterocycles. The minimum absolute atomic E-state index is 0.0407. The van der Waals surface area contributed by atoms with Gasteiger partial charge in [-0.3, -0.25) is 4.79 Å². The van der Waals surface area contributed by atoms with E-state index in [1.807, 2.05) is 32.0 Å². The zero-order valence-corrected chi connectivity index (χ0v) is 18.9. The first-order valence-electron chi connectivity index (χ1n) is 10.1. The normalized spacial score (nSPS) is 14.1. The quantitative estimate of drug-likeness (QED) is 0.608. The van der Waals surface area contributed by atoms with Crippen LogP contribution in [0.25, 0.3) is 10.9 Å². The molecule has 1 N–H and O–H groups in total. The third-order valence-electron chi connectivity index (χ3n) is 5.72. The summed E-state index contributed by atoms with van der Waals surface area (Å²) in [5.74, 6) is 1.23. The third-order valence-corrected chi connectivity index (χ3v) is 7.29. The Kier molecular flexibility index (Phi) is 5.53. The zero-order chi connectivity index (χ0) is 22.3. The van der Waals surface area contributed by atoms with Crippen LogP contribution >= 0.6 is 0 Å². The summed E-state index contributed by atoms with van der Waals surface area (Å²) in [6, 6.07) is 10.2. The molecule has 0 amide bonds. The van der Waals surface area contributed by atoms with Crippen LogP contribution in [0, 0.1) is 6.92 Å². The molecule has 0 saturated heterocycles. The van der Waals surface area contributed by atoms with E-state index in [1.165, 1.54) is 0 Å². The number of aryl methyl sites for hydroxylation is 3. The molecule has 31 heavy (non-hydrogen) atoms. The van der Waals surface area contributed by atoms with Gasteiger partial charge in [0.1, 0.15) is 0 Å². The van der Waals surface area contributed by atoms with Gasteiger partial charge in [0.25, 0.3) is 5.56 Å². The Labute approximate surface area is 181 Å². The molecule has 0 radical (unpaired) electrons. The van der Waals surface area contributed by atoms with Crippen LogP contribution in [-0.4, -0.2) is 33.2 Å². The molecule has 0 aliphatic carbocycles. The van der Waals surface area contributed by atoms with Crippen molar-refractivity contribution in [2.75, 3.05) is 14.2 Å². The highest BCUT2D eigenvalue weighted by Gasteiger charge is 2.24. The number of nitrogens with zero attached hydrogens (tertiary/aromatic N) is 1. The van der Waals surface area contributed by atoms with E-state index >= 15 is 0 Å². The molecule has 2 heterocycles. The summed E-state index contributed by atoms with van der Waals surface area (Å²) < 4.78 is 41.4. The van der Waals surface area contributed by atoms with Gasteiger partial charge in [-0.25, -0.2) is 13.1 Å². The van der Waals surface area contributed by atoms with Crippen molar-refractivity contribution in [3.05, 3.63) is 63.4 Å². The second-order valence-electron chi connectivity index (χ2n) is 7.96. The average Bonchev–Trinajstić information content (AvgIpc) is 3.16. The van der Waals surface area contributed by atoms with Crippen LogP contribution in [0.4, 0.5) is 0 Å². The van der Waals surface area contributed by atoms with Gasteiger partial charge in [-0.2, -0.15) is 0 Å².